The van der Waals surface area contributed by atoms with E-state index < -0.39 is 0 Å². The summed E-state index contributed by atoms with van der Waals surface area (Å²) in [6.07, 6.45) is 4.55. The summed E-state index contributed by atoms with van der Waals surface area (Å²) in [7, 11) is 1.88. The predicted molar refractivity (Wildman–Crippen MR) is 121 cm³/mol. The summed E-state index contributed by atoms with van der Waals surface area (Å²) in [6.45, 7) is 6.49. The number of hydrogen-bond acceptors (Lipinski definition) is 3. The maximum Gasteiger partial charge on any atom is 0.193 e. The van der Waals surface area contributed by atoms with E-state index in [1.807, 2.05) is 7.05 Å². The van der Waals surface area contributed by atoms with Crippen LogP contribution in [-0.4, -0.2) is 64.0 Å². The third-order valence-electron chi connectivity index (χ3n) is 5.29. The Bertz CT molecular complexity index is 550. The highest BCUT2D eigenvalue weighted by atomic mass is 127. The molecule has 2 fully saturated rings. The summed E-state index contributed by atoms with van der Waals surface area (Å²) in [6, 6.07) is 10.8. The van der Waals surface area contributed by atoms with E-state index in [0.717, 1.165) is 71.3 Å². The molecule has 1 N–H and O–H groups in total. The van der Waals surface area contributed by atoms with E-state index in [2.05, 4.69) is 45.5 Å². The van der Waals surface area contributed by atoms with Crippen molar-refractivity contribution in [1.82, 2.24) is 10.2 Å². The van der Waals surface area contributed by atoms with Gasteiger partial charge >= 0.3 is 0 Å². The Morgan fingerprint density at radius 3 is 2.85 bits per heavy atom. The topological polar surface area (TPSA) is 46.1 Å². The molecular formula is C21H34IN3O2. The highest BCUT2D eigenvalue weighted by Gasteiger charge is 2.24. The van der Waals surface area contributed by atoms with Gasteiger partial charge < -0.3 is 19.7 Å². The number of guanidine groups is 1. The second-order valence-corrected chi connectivity index (χ2v) is 7.42. The molecule has 2 saturated heterocycles. The number of nitrogens with zero attached hydrogens (tertiary/aromatic N) is 2. The van der Waals surface area contributed by atoms with Crippen LogP contribution in [0.15, 0.2) is 35.3 Å². The van der Waals surface area contributed by atoms with Gasteiger partial charge in [-0.05, 0) is 37.2 Å². The lowest BCUT2D eigenvalue weighted by molar-refractivity contribution is 0.0887. The molecule has 2 atom stereocenters. The quantitative estimate of drug-likeness (QED) is 0.265. The molecule has 6 heteroatoms. The second kappa shape index (κ2) is 12.6. The van der Waals surface area contributed by atoms with Gasteiger partial charge in [-0.2, -0.15) is 0 Å². The van der Waals surface area contributed by atoms with Crippen LogP contribution in [0, 0.1) is 11.8 Å². The molecule has 0 spiro atoms. The first-order valence-electron chi connectivity index (χ1n) is 10.00. The number of aliphatic imine (C=N–C) groups is 1. The van der Waals surface area contributed by atoms with Crippen LogP contribution in [0.3, 0.4) is 0 Å². The maximum atomic E-state index is 5.77. The van der Waals surface area contributed by atoms with Crippen LogP contribution < -0.4 is 5.32 Å². The minimum Gasteiger partial charge on any atom is -0.381 e. The van der Waals surface area contributed by atoms with Crippen LogP contribution in [0.25, 0.3) is 0 Å². The van der Waals surface area contributed by atoms with Crippen LogP contribution in [0.4, 0.5) is 0 Å². The van der Waals surface area contributed by atoms with Crippen molar-refractivity contribution in [3.05, 3.63) is 35.9 Å². The molecule has 5 nitrogen and oxygen atoms in total. The third-order valence-corrected chi connectivity index (χ3v) is 5.29. The first-order valence-corrected chi connectivity index (χ1v) is 10.00. The van der Waals surface area contributed by atoms with Crippen LogP contribution in [0.1, 0.15) is 24.8 Å². The lowest BCUT2D eigenvalue weighted by Gasteiger charge is -2.22. The fourth-order valence-electron chi connectivity index (χ4n) is 3.81. The molecule has 152 valence electrons. The molecule has 0 amide bonds. The van der Waals surface area contributed by atoms with E-state index in [0.29, 0.717) is 11.8 Å². The van der Waals surface area contributed by atoms with Gasteiger partial charge in [-0.15, -0.1) is 24.0 Å². The van der Waals surface area contributed by atoms with E-state index in [1.165, 1.54) is 12.0 Å². The summed E-state index contributed by atoms with van der Waals surface area (Å²) in [5.41, 5.74) is 1.44. The minimum absolute atomic E-state index is 0. The molecule has 0 aliphatic carbocycles. The van der Waals surface area contributed by atoms with E-state index >= 15 is 0 Å². The SMILES string of the molecule is CN=C(NCCCOCC1CCOC1)N1CCC(Cc2ccccc2)C1.I. The predicted octanol–water partition coefficient (Wildman–Crippen LogP) is 3.19. The summed E-state index contributed by atoms with van der Waals surface area (Å²) < 4.78 is 11.1. The van der Waals surface area contributed by atoms with Crippen molar-refractivity contribution in [3.63, 3.8) is 0 Å². The zero-order valence-corrected chi connectivity index (χ0v) is 18.8. The number of ether oxygens (including phenoxy) is 2. The van der Waals surface area contributed by atoms with Gasteiger partial charge in [0.1, 0.15) is 0 Å². The Hall–Kier alpha value is -0.860. The zero-order chi connectivity index (χ0) is 18.0. The van der Waals surface area contributed by atoms with Crippen LogP contribution in [0.2, 0.25) is 0 Å². The van der Waals surface area contributed by atoms with Gasteiger partial charge in [0.15, 0.2) is 5.96 Å². The van der Waals surface area contributed by atoms with Crippen molar-refractivity contribution in [3.8, 4) is 0 Å². The van der Waals surface area contributed by atoms with E-state index in [-0.39, 0.29) is 24.0 Å². The molecule has 0 saturated carbocycles. The Morgan fingerprint density at radius 2 is 2.11 bits per heavy atom. The van der Waals surface area contributed by atoms with E-state index in [9.17, 15) is 0 Å². The Labute approximate surface area is 180 Å². The van der Waals surface area contributed by atoms with Crippen molar-refractivity contribution in [2.45, 2.75) is 25.7 Å². The largest absolute Gasteiger partial charge is 0.381 e. The number of benzene rings is 1. The molecular weight excluding hydrogens is 453 g/mol. The third kappa shape index (κ3) is 7.58. The summed E-state index contributed by atoms with van der Waals surface area (Å²) >= 11 is 0. The standard InChI is InChI=1S/C21H33N3O2.HI/c1-22-21(23-10-5-12-25-16-20-9-13-26-17-20)24-11-8-19(15-24)14-18-6-3-2-4-7-18;/h2-4,6-7,19-20H,5,8-17H2,1H3,(H,22,23);1H. The average molecular weight is 487 g/mol. The number of likely N-dealkylation sites (tertiary alicyclic amines) is 1. The molecule has 1 aromatic rings. The first kappa shape index (κ1) is 22.4. The fourth-order valence-corrected chi connectivity index (χ4v) is 3.81. The highest BCUT2D eigenvalue weighted by molar-refractivity contribution is 14.0. The van der Waals surface area contributed by atoms with E-state index in [1.54, 1.807) is 0 Å². The lowest BCUT2D eigenvalue weighted by Crippen LogP contribution is -2.40. The Morgan fingerprint density at radius 1 is 1.26 bits per heavy atom. The number of halogens is 1. The molecule has 1 aromatic carbocycles. The molecule has 0 bridgehead atoms. The van der Waals surface area contributed by atoms with Crippen LogP contribution in [0.5, 0.6) is 0 Å². The molecule has 27 heavy (non-hydrogen) atoms. The van der Waals surface area contributed by atoms with Crippen molar-refractivity contribution >= 4 is 29.9 Å². The molecule has 2 aliphatic rings. The van der Waals surface area contributed by atoms with Crippen molar-refractivity contribution in [1.29, 1.82) is 0 Å². The van der Waals surface area contributed by atoms with Crippen LogP contribution in [-0.2, 0) is 15.9 Å². The van der Waals surface area contributed by atoms with Crippen molar-refractivity contribution in [2.24, 2.45) is 16.8 Å². The van der Waals surface area contributed by atoms with E-state index in [4.69, 9.17) is 9.47 Å². The summed E-state index contributed by atoms with van der Waals surface area (Å²) in [5, 5.41) is 3.50. The van der Waals surface area contributed by atoms with Gasteiger partial charge in [0.05, 0.1) is 13.2 Å². The van der Waals surface area contributed by atoms with Gasteiger partial charge in [-0.1, -0.05) is 30.3 Å². The molecule has 0 radical (unpaired) electrons. The Balaban J connectivity index is 0.00000261. The Kier molecular flexibility index (Phi) is 10.4. The highest BCUT2D eigenvalue weighted by Crippen LogP contribution is 2.20. The zero-order valence-electron chi connectivity index (χ0n) is 16.4. The average Bonchev–Trinajstić information content (AvgIpc) is 3.34. The number of nitrogens with one attached hydrogen (secondary N) is 1. The minimum atomic E-state index is 0. The monoisotopic (exact) mass is 487 g/mol. The number of hydrogen-bond donors (Lipinski definition) is 1. The van der Waals surface area contributed by atoms with Crippen molar-refractivity contribution < 1.29 is 9.47 Å². The van der Waals surface area contributed by atoms with Crippen LogP contribution >= 0.6 is 24.0 Å². The lowest BCUT2D eigenvalue weighted by atomic mass is 9.99. The smallest absolute Gasteiger partial charge is 0.193 e. The first-order chi connectivity index (χ1) is 12.8. The fraction of sp³-hybridized carbons (Fsp3) is 0.667. The van der Waals surface area contributed by atoms with Crippen molar-refractivity contribution in [2.75, 3.05) is 53.1 Å². The number of rotatable bonds is 8. The second-order valence-electron chi connectivity index (χ2n) is 7.42. The molecule has 0 aromatic heterocycles. The molecule has 2 unspecified atom stereocenters. The maximum absolute atomic E-state index is 5.77. The molecule has 2 aliphatic heterocycles. The van der Waals surface area contributed by atoms with Gasteiger partial charge in [-0.3, -0.25) is 4.99 Å². The molecule has 3 rings (SSSR count). The molecule has 2 heterocycles. The normalized spacial score (nSPS) is 22.7. The van der Waals surface area contributed by atoms with Gasteiger partial charge in [0.2, 0.25) is 0 Å². The van der Waals surface area contributed by atoms with Gasteiger partial charge in [0, 0.05) is 45.8 Å². The van der Waals surface area contributed by atoms with Gasteiger partial charge in [-0.25, -0.2) is 0 Å². The summed E-state index contributed by atoms with van der Waals surface area (Å²) in [5.74, 6) is 2.35. The summed E-state index contributed by atoms with van der Waals surface area (Å²) in [4.78, 5) is 6.86. The van der Waals surface area contributed by atoms with Gasteiger partial charge in [0.25, 0.3) is 0 Å².